The summed E-state index contributed by atoms with van der Waals surface area (Å²) in [6.45, 7) is 4.27. The minimum absolute atomic E-state index is 0.267. The molecule has 0 amide bonds. The minimum atomic E-state index is -0.267. The van der Waals surface area contributed by atoms with Crippen LogP contribution in [0.25, 0.3) is 0 Å². The molecule has 2 atom stereocenters. The highest BCUT2D eigenvalue weighted by Crippen LogP contribution is 2.33. The summed E-state index contributed by atoms with van der Waals surface area (Å²) in [5, 5.41) is 9.70. The summed E-state index contributed by atoms with van der Waals surface area (Å²) >= 11 is 0. The first-order chi connectivity index (χ1) is 7.70. The predicted molar refractivity (Wildman–Crippen MR) is 64.7 cm³/mol. The summed E-state index contributed by atoms with van der Waals surface area (Å²) < 4.78 is 5.83. The van der Waals surface area contributed by atoms with E-state index in [4.69, 9.17) is 4.74 Å². The molecule has 1 aromatic carbocycles. The van der Waals surface area contributed by atoms with E-state index in [9.17, 15) is 5.11 Å². The fourth-order valence-electron chi connectivity index (χ4n) is 2.34. The lowest BCUT2D eigenvalue weighted by atomic mass is 10.1. The standard InChI is InChI=1S/C14H20O2/c1-3-4-10(2)16-12-6-7-13-11(9-12)5-8-14(13)15/h6-7,9-10,14-15H,3-5,8H2,1-2H3. The summed E-state index contributed by atoms with van der Waals surface area (Å²) in [6, 6.07) is 6.05. The van der Waals surface area contributed by atoms with Gasteiger partial charge in [-0.1, -0.05) is 19.4 Å². The van der Waals surface area contributed by atoms with E-state index < -0.39 is 0 Å². The molecule has 0 heterocycles. The smallest absolute Gasteiger partial charge is 0.119 e. The lowest BCUT2D eigenvalue weighted by Crippen LogP contribution is -2.11. The second kappa shape index (κ2) is 4.88. The molecule has 0 aromatic heterocycles. The zero-order chi connectivity index (χ0) is 11.5. The van der Waals surface area contributed by atoms with Gasteiger partial charge in [-0.25, -0.2) is 0 Å². The van der Waals surface area contributed by atoms with Gasteiger partial charge in [0.1, 0.15) is 5.75 Å². The Morgan fingerprint density at radius 2 is 2.31 bits per heavy atom. The van der Waals surface area contributed by atoms with Crippen molar-refractivity contribution >= 4 is 0 Å². The van der Waals surface area contributed by atoms with E-state index in [0.717, 1.165) is 37.0 Å². The van der Waals surface area contributed by atoms with E-state index in [1.807, 2.05) is 12.1 Å². The van der Waals surface area contributed by atoms with Gasteiger partial charge in [-0.15, -0.1) is 0 Å². The van der Waals surface area contributed by atoms with E-state index in [1.54, 1.807) is 0 Å². The lowest BCUT2D eigenvalue weighted by molar-refractivity contribution is 0.180. The molecular formula is C14H20O2. The van der Waals surface area contributed by atoms with Gasteiger partial charge in [-0.2, -0.15) is 0 Å². The van der Waals surface area contributed by atoms with Crippen LogP contribution in [0.2, 0.25) is 0 Å². The molecule has 0 saturated carbocycles. The van der Waals surface area contributed by atoms with Crippen LogP contribution in [0.15, 0.2) is 18.2 Å². The molecule has 0 spiro atoms. The highest BCUT2D eigenvalue weighted by Gasteiger charge is 2.20. The highest BCUT2D eigenvalue weighted by atomic mass is 16.5. The molecule has 1 aliphatic rings. The molecule has 1 N–H and O–H groups in total. The maximum Gasteiger partial charge on any atom is 0.119 e. The van der Waals surface area contributed by atoms with Crippen molar-refractivity contribution in [1.82, 2.24) is 0 Å². The first kappa shape index (κ1) is 11.5. The molecule has 2 heteroatoms. The Kier molecular flexibility index (Phi) is 3.49. The maximum absolute atomic E-state index is 9.70. The molecule has 0 bridgehead atoms. The van der Waals surface area contributed by atoms with Crippen LogP contribution in [-0.4, -0.2) is 11.2 Å². The molecule has 2 unspecified atom stereocenters. The van der Waals surface area contributed by atoms with Gasteiger partial charge in [0.15, 0.2) is 0 Å². The molecular weight excluding hydrogens is 200 g/mol. The van der Waals surface area contributed by atoms with Crippen LogP contribution in [0.3, 0.4) is 0 Å². The normalized spacial score (nSPS) is 20.6. The fraction of sp³-hybridized carbons (Fsp3) is 0.571. The number of fused-ring (bicyclic) bond motifs is 1. The number of hydrogen-bond acceptors (Lipinski definition) is 2. The zero-order valence-electron chi connectivity index (χ0n) is 10.1. The molecule has 0 aliphatic heterocycles. The largest absolute Gasteiger partial charge is 0.491 e. The average molecular weight is 220 g/mol. The molecule has 16 heavy (non-hydrogen) atoms. The Morgan fingerprint density at radius 1 is 1.50 bits per heavy atom. The molecule has 2 nitrogen and oxygen atoms in total. The third-order valence-electron chi connectivity index (χ3n) is 3.19. The van der Waals surface area contributed by atoms with Crippen molar-refractivity contribution in [3.63, 3.8) is 0 Å². The second-order valence-electron chi connectivity index (χ2n) is 4.63. The molecule has 1 aromatic rings. The van der Waals surface area contributed by atoms with E-state index in [2.05, 4.69) is 19.9 Å². The number of rotatable bonds is 4. The zero-order valence-corrected chi connectivity index (χ0v) is 10.1. The van der Waals surface area contributed by atoms with Gasteiger partial charge in [0, 0.05) is 0 Å². The Morgan fingerprint density at radius 3 is 3.06 bits per heavy atom. The Balaban J connectivity index is 2.07. The van der Waals surface area contributed by atoms with Crippen LogP contribution in [0.1, 0.15) is 50.3 Å². The van der Waals surface area contributed by atoms with Crippen LogP contribution < -0.4 is 4.74 Å². The molecule has 2 rings (SSSR count). The van der Waals surface area contributed by atoms with Crippen LogP contribution in [-0.2, 0) is 6.42 Å². The first-order valence-electron chi connectivity index (χ1n) is 6.18. The van der Waals surface area contributed by atoms with Crippen LogP contribution in [0.5, 0.6) is 5.75 Å². The van der Waals surface area contributed by atoms with Crippen molar-refractivity contribution in [2.24, 2.45) is 0 Å². The van der Waals surface area contributed by atoms with Crippen molar-refractivity contribution in [3.8, 4) is 5.75 Å². The van der Waals surface area contributed by atoms with Gasteiger partial charge in [0.2, 0.25) is 0 Å². The van der Waals surface area contributed by atoms with Crippen LogP contribution in [0, 0.1) is 0 Å². The summed E-state index contributed by atoms with van der Waals surface area (Å²) in [4.78, 5) is 0. The van der Waals surface area contributed by atoms with Gasteiger partial charge >= 0.3 is 0 Å². The van der Waals surface area contributed by atoms with Gasteiger partial charge in [-0.05, 0) is 49.4 Å². The van der Waals surface area contributed by atoms with E-state index in [-0.39, 0.29) is 12.2 Å². The summed E-state index contributed by atoms with van der Waals surface area (Å²) in [5.74, 6) is 0.939. The number of aryl methyl sites for hydroxylation is 1. The SMILES string of the molecule is CCCC(C)Oc1ccc2c(c1)CCC2O. The summed E-state index contributed by atoms with van der Waals surface area (Å²) in [6.07, 6.45) is 4.05. The van der Waals surface area contributed by atoms with E-state index in [0.29, 0.717) is 0 Å². The van der Waals surface area contributed by atoms with Crippen molar-refractivity contribution in [2.75, 3.05) is 0 Å². The van der Waals surface area contributed by atoms with Crippen molar-refractivity contribution in [2.45, 2.75) is 51.7 Å². The number of aliphatic hydroxyl groups is 1. The molecule has 88 valence electrons. The second-order valence-corrected chi connectivity index (χ2v) is 4.63. The van der Waals surface area contributed by atoms with E-state index >= 15 is 0 Å². The quantitative estimate of drug-likeness (QED) is 0.844. The third kappa shape index (κ3) is 2.38. The summed E-state index contributed by atoms with van der Waals surface area (Å²) in [5.41, 5.74) is 2.32. The third-order valence-corrected chi connectivity index (χ3v) is 3.19. The number of hydrogen-bond donors (Lipinski definition) is 1. The van der Waals surface area contributed by atoms with Crippen molar-refractivity contribution in [3.05, 3.63) is 29.3 Å². The topological polar surface area (TPSA) is 29.5 Å². The van der Waals surface area contributed by atoms with Crippen molar-refractivity contribution in [1.29, 1.82) is 0 Å². The monoisotopic (exact) mass is 220 g/mol. The molecule has 0 radical (unpaired) electrons. The van der Waals surface area contributed by atoms with Gasteiger partial charge in [0.05, 0.1) is 12.2 Å². The lowest BCUT2D eigenvalue weighted by Gasteiger charge is -2.14. The maximum atomic E-state index is 9.70. The molecule has 0 fully saturated rings. The molecule has 0 saturated heterocycles. The fourth-order valence-corrected chi connectivity index (χ4v) is 2.34. The van der Waals surface area contributed by atoms with Gasteiger partial charge in [-0.3, -0.25) is 0 Å². The Hall–Kier alpha value is -1.02. The van der Waals surface area contributed by atoms with E-state index in [1.165, 1.54) is 5.56 Å². The number of aliphatic hydroxyl groups excluding tert-OH is 1. The predicted octanol–water partition coefficient (Wildman–Crippen LogP) is 3.23. The van der Waals surface area contributed by atoms with Crippen LogP contribution in [0.4, 0.5) is 0 Å². The Bertz CT molecular complexity index is 360. The number of benzene rings is 1. The highest BCUT2D eigenvalue weighted by molar-refractivity contribution is 5.39. The van der Waals surface area contributed by atoms with Crippen LogP contribution >= 0.6 is 0 Å². The van der Waals surface area contributed by atoms with Gasteiger partial charge < -0.3 is 9.84 Å². The number of ether oxygens (including phenoxy) is 1. The summed E-state index contributed by atoms with van der Waals surface area (Å²) in [7, 11) is 0. The van der Waals surface area contributed by atoms with Gasteiger partial charge in [0.25, 0.3) is 0 Å². The Labute approximate surface area is 97.3 Å². The average Bonchev–Trinajstić information content (AvgIpc) is 2.60. The van der Waals surface area contributed by atoms with Crippen molar-refractivity contribution < 1.29 is 9.84 Å². The first-order valence-corrected chi connectivity index (χ1v) is 6.18. The molecule has 1 aliphatic carbocycles. The minimum Gasteiger partial charge on any atom is -0.491 e.